The molecule has 3 atom stereocenters. The molecule has 0 spiro atoms. The van der Waals surface area contributed by atoms with Crippen LogP contribution in [0.5, 0.6) is 0 Å². The van der Waals surface area contributed by atoms with E-state index in [1.807, 2.05) is 24.4 Å². The number of aliphatic hydroxyl groups excluding tert-OH is 1. The third-order valence-corrected chi connectivity index (χ3v) is 7.64. The molecule has 4 rings (SSSR count). The highest BCUT2D eigenvalue weighted by atomic mass is 16.5. The quantitative estimate of drug-likeness (QED) is 0.335. The predicted octanol–water partition coefficient (Wildman–Crippen LogP) is 5.28. The number of nitrogens with zero attached hydrogens (tertiary/aromatic N) is 2. The van der Waals surface area contributed by atoms with Gasteiger partial charge in [-0.25, -0.2) is 0 Å². The van der Waals surface area contributed by atoms with Gasteiger partial charge in [0, 0.05) is 19.1 Å². The molecule has 1 aliphatic carbocycles. The first-order valence-corrected chi connectivity index (χ1v) is 14.8. The minimum absolute atomic E-state index is 0.351. The number of hydrogen-bond donors (Lipinski definition) is 3. The van der Waals surface area contributed by atoms with Crippen molar-refractivity contribution in [3.63, 3.8) is 0 Å². The van der Waals surface area contributed by atoms with Gasteiger partial charge in [0.15, 0.2) is 0 Å². The number of rotatable bonds is 11. The highest BCUT2D eigenvalue weighted by Gasteiger charge is 2.26. The summed E-state index contributed by atoms with van der Waals surface area (Å²) in [6.45, 7) is 9.24. The molecule has 1 fully saturated rings. The first-order chi connectivity index (χ1) is 19.1. The van der Waals surface area contributed by atoms with Gasteiger partial charge in [-0.1, -0.05) is 81.2 Å². The van der Waals surface area contributed by atoms with Gasteiger partial charge in [0.25, 0.3) is 0 Å². The minimum Gasteiger partial charge on any atom is -0.493 e. The number of allylic oxidation sites excluding steroid dienone is 2. The number of likely N-dealkylation sites (N-methyl/N-ethyl adjacent to an activating group) is 1. The van der Waals surface area contributed by atoms with E-state index in [-0.39, 0.29) is 0 Å². The summed E-state index contributed by atoms with van der Waals surface area (Å²) >= 11 is 0. The Bertz CT molecular complexity index is 881. The lowest BCUT2D eigenvalue weighted by Crippen LogP contribution is -2.37. The molecule has 216 valence electrons. The fourth-order valence-corrected chi connectivity index (χ4v) is 5.10. The Morgan fingerprint density at radius 2 is 1.82 bits per heavy atom. The van der Waals surface area contributed by atoms with Crippen LogP contribution in [0.1, 0.15) is 57.4 Å². The van der Waals surface area contributed by atoms with Crippen LogP contribution in [0.15, 0.2) is 66.6 Å². The lowest BCUT2D eigenvalue weighted by molar-refractivity contribution is 0.170. The molecule has 6 nitrogen and oxygen atoms in total. The summed E-state index contributed by atoms with van der Waals surface area (Å²) in [6.07, 6.45) is 25.5. The van der Waals surface area contributed by atoms with Crippen molar-refractivity contribution >= 4 is 0 Å². The van der Waals surface area contributed by atoms with E-state index < -0.39 is 0 Å². The van der Waals surface area contributed by atoms with Crippen LogP contribution in [-0.4, -0.2) is 73.8 Å². The van der Waals surface area contributed by atoms with Gasteiger partial charge < -0.3 is 30.3 Å². The fraction of sp³-hybridized carbons (Fsp3) is 0.576. The van der Waals surface area contributed by atoms with Crippen molar-refractivity contribution in [3.8, 4) is 12.5 Å². The van der Waals surface area contributed by atoms with Crippen molar-refractivity contribution in [2.45, 2.75) is 70.6 Å². The SMILES string of the molecule is C#CO.C1=CC2NC=CC2C(OCc2ccccc2)=C1.CCC(CCN(C)CCN1CCCCCCC1)NC. The largest absolute Gasteiger partial charge is 0.493 e. The topological polar surface area (TPSA) is 60.0 Å². The van der Waals surface area contributed by atoms with E-state index in [0.717, 1.165) is 5.76 Å². The van der Waals surface area contributed by atoms with Crippen molar-refractivity contribution in [2.24, 2.45) is 5.92 Å². The van der Waals surface area contributed by atoms with E-state index in [4.69, 9.17) is 9.84 Å². The van der Waals surface area contributed by atoms with Crippen molar-refractivity contribution < 1.29 is 9.84 Å². The number of terminal acetylenes is 1. The van der Waals surface area contributed by atoms with Crippen molar-refractivity contribution in [3.05, 3.63) is 72.2 Å². The van der Waals surface area contributed by atoms with Crippen LogP contribution in [0.3, 0.4) is 0 Å². The molecular weight excluding hydrogens is 484 g/mol. The number of hydrogen-bond acceptors (Lipinski definition) is 6. The lowest BCUT2D eigenvalue weighted by atomic mass is 9.95. The summed E-state index contributed by atoms with van der Waals surface area (Å²) in [5, 5.41) is 13.8. The van der Waals surface area contributed by atoms with Gasteiger partial charge in [-0.3, -0.25) is 0 Å². The van der Waals surface area contributed by atoms with Gasteiger partial charge in [0.1, 0.15) is 18.5 Å². The normalized spacial score (nSPS) is 20.9. The molecule has 0 bridgehead atoms. The van der Waals surface area contributed by atoms with Gasteiger partial charge in [0.2, 0.25) is 0 Å². The Morgan fingerprint density at radius 1 is 1.13 bits per heavy atom. The molecule has 2 heterocycles. The second-order valence-corrected chi connectivity index (χ2v) is 10.5. The summed E-state index contributed by atoms with van der Waals surface area (Å²) in [5.41, 5.74) is 1.20. The van der Waals surface area contributed by atoms with Crippen LogP contribution in [0.4, 0.5) is 0 Å². The molecule has 3 unspecified atom stereocenters. The van der Waals surface area contributed by atoms with Gasteiger partial charge in [-0.15, -0.1) is 0 Å². The molecule has 0 amide bonds. The summed E-state index contributed by atoms with van der Waals surface area (Å²) in [5.74, 6) is 1.39. The third kappa shape index (κ3) is 13.3. The highest BCUT2D eigenvalue weighted by Crippen LogP contribution is 2.27. The first kappa shape index (κ1) is 32.5. The van der Waals surface area contributed by atoms with E-state index in [1.54, 1.807) is 0 Å². The summed E-state index contributed by atoms with van der Waals surface area (Å²) in [7, 11) is 4.35. The van der Waals surface area contributed by atoms with E-state index in [1.165, 1.54) is 89.3 Å². The van der Waals surface area contributed by atoms with Crippen LogP contribution in [0.25, 0.3) is 0 Å². The summed E-state index contributed by atoms with van der Waals surface area (Å²) in [4.78, 5) is 5.17. The smallest absolute Gasteiger partial charge is 0.113 e. The molecule has 1 aromatic rings. The molecule has 1 saturated heterocycles. The predicted molar refractivity (Wildman–Crippen MR) is 164 cm³/mol. The first-order valence-electron chi connectivity index (χ1n) is 14.8. The second-order valence-electron chi connectivity index (χ2n) is 10.5. The second kappa shape index (κ2) is 20.2. The number of likely N-dealkylation sites (tertiary alicyclic amines) is 1. The summed E-state index contributed by atoms with van der Waals surface area (Å²) in [6, 6.07) is 11.3. The van der Waals surface area contributed by atoms with E-state index in [2.05, 4.69) is 84.3 Å². The van der Waals surface area contributed by atoms with Gasteiger partial charge in [-0.05, 0) is 77.3 Å². The van der Waals surface area contributed by atoms with E-state index >= 15 is 0 Å². The van der Waals surface area contributed by atoms with Gasteiger partial charge >= 0.3 is 0 Å². The molecule has 39 heavy (non-hydrogen) atoms. The van der Waals surface area contributed by atoms with Crippen molar-refractivity contribution in [2.75, 3.05) is 46.8 Å². The third-order valence-electron chi connectivity index (χ3n) is 7.64. The fourth-order valence-electron chi connectivity index (χ4n) is 5.10. The molecular formula is C33H52N4O2. The molecule has 6 heteroatoms. The molecule has 3 aliphatic rings. The Hall–Kier alpha value is -2.72. The monoisotopic (exact) mass is 536 g/mol. The van der Waals surface area contributed by atoms with Crippen LogP contribution < -0.4 is 10.6 Å². The van der Waals surface area contributed by atoms with Crippen LogP contribution in [-0.2, 0) is 11.3 Å². The molecule has 0 aromatic heterocycles. The van der Waals surface area contributed by atoms with Crippen molar-refractivity contribution in [1.29, 1.82) is 0 Å². The lowest BCUT2D eigenvalue weighted by Gasteiger charge is -2.27. The van der Waals surface area contributed by atoms with Gasteiger partial charge in [-0.2, -0.15) is 0 Å². The highest BCUT2D eigenvalue weighted by molar-refractivity contribution is 5.29. The molecule has 0 radical (unpaired) electrons. The van der Waals surface area contributed by atoms with Crippen LogP contribution >= 0.6 is 0 Å². The standard InChI is InChI=1S/C16H35N3.C15H15NO.C2H2O/c1-4-16(17-2)10-13-18(3)14-15-19-11-8-6-5-7-9-12-19;1-2-5-12(6-3-1)11-17-15-8-4-7-14-13(15)9-10-16-14;1-2-3/h16-17H,4-15H2,1-3H3;1-10,13-14,16H,11H2;1,3H. The average Bonchev–Trinajstić information content (AvgIpc) is 3.43. The number of ether oxygens (including phenoxy) is 1. The number of nitrogens with one attached hydrogen (secondary N) is 2. The Kier molecular flexibility index (Phi) is 16.8. The molecule has 0 saturated carbocycles. The Balaban J connectivity index is 0.000000249. The molecule has 1 aromatic carbocycles. The van der Waals surface area contributed by atoms with Crippen molar-refractivity contribution in [1.82, 2.24) is 20.4 Å². The molecule has 3 N–H and O–H groups in total. The minimum atomic E-state index is 0.351. The summed E-state index contributed by atoms with van der Waals surface area (Å²) < 4.78 is 5.90. The van der Waals surface area contributed by atoms with E-state index in [9.17, 15) is 0 Å². The van der Waals surface area contributed by atoms with E-state index in [0.29, 0.717) is 24.6 Å². The van der Waals surface area contributed by atoms with Gasteiger partial charge in [0.05, 0.1) is 12.0 Å². The zero-order valence-corrected chi connectivity index (χ0v) is 24.5. The van der Waals surface area contributed by atoms with Crippen LogP contribution in [0, 0.1) is 18.4 Å². The number of benzene rings is 1. The maximum absolute atomic E-state index is 7.10. The Morgan fingerprint density at radius 3 is 2.49 bits per heavy atom. The molecule has 2 aliphatic heterocycles. The van der Waals surface area contributed by atoms with Crippen LogP contribution in [0.2, 0.25) is 0 Å². The maximum Gasteiger partial charge on any atom is 0.113 e. The zero-order chi connectivity index (χ0) is 28.1. The number of fused-ring (bicyclic) bond motifs is 1. The number of aliphatic hydroxyl groups is 1. The maximum atomic E-state index is 7.10. The zero-order valence-electron chi connectivity index (χ0n) is 24.5. The average molecular weight is 537 g/mol. The Labute approximate surface area is 238 Å².